The number of para-hydroxylation sites is 1. The lowest BCUT2D eigenvalue weighted by Crippen LogP contribution is -2.30. The molecule has 0 atom stereocenters. The van der Waals surface area contributed by atoms with Gasteiger partial charge in [0.1, 0.15) is 0 Å². The van der Waals surface area contributed by atoms with Gasteiger partial charge >= 0.3 is 0 Å². The molecule has 0 aliphatic carbocycles. The fourth-order valence-corrected chi connectivity index (χ4v) is 3.20. The molecule has 0 saturated heterocycles. The maximum absolute atomic E-state index is 12.9. The second-order valence-corrected chi connectivity index (χ2v) is 7.11. The van der Waals surface area contributed by atoms with Crippen molar-refractivity contribution in [3.8, 4) is 0 Å². The Bertz CT molecular complexity index is 1010. The van der Waals surface area contributed by atoms with Crippen LogP contribution < -0.4 is 15.5 Å². The fraction of sp³-hybridized carbons (Fsp3) is 0.200. The zero-order valence-electron chi connectivity index (χ0n) is 17.6. The molecule has 3 aromatic carbocycles. The summed E-state index contributed by atoms with van der Waals surface area (Å²) in [6.07, 6.45) is 0. The molecule has 30 heavy (non-hydrogen) atoms. The van der Waals surface area contributed by atoms with E-state index < -0.39 is 0 Å². The molecule has 0 spiro atoms. The Hall–Kier alpha value is -3.60. The molecular formula is C25H27N3O2. The highest BCUT2D eigenvalue weighted by molar-refractivity contribution is 6.06. The van der Waals surface area contributed by atoms with Gasteiger partial charge in [-0.05, 0) is 74.4 Å². The van der Waals surface area contributed by atoms with Gasteiger partial charge in [-0.15, -0.1) is 0 Å². The van der Waals surface area contributed by atoms with E-state index in [0.29, 0.717) is 12.1 Å². The SMILES string of the molecule is CCN(C(=O)c1ccc(NCC(=O)Nc2cccc(C)c2C)cc1)c1ccccc1. The second kappa shape index (κ2) is 9.74. The molecule has 2 N–H and O–H groups in total. The van der Waals surface area contributed by atoms with E-state index in [0.717, 1.165) is 28.2 Å². The highest BCUT2D eigenvalue weighted by Crippen LogP contribution is 2.19. The lowest BCUT2D eigenvalue weighted by atomic mass is 10.1. The molecule has 3 aromatic rings. The first kappa shape index (κ1) is 21.1. The van der Waals surface area contributed by atoms with Crippen LogP contribution in [0.3, 0.4) is 0 Å². The third-order valence-electron chi connectivity index (χ3n) is 5.09. The number of carbonyl (C=O) groups is 2. The van der Waals surface area contributed by atoms with Crippen LogP contribution in [0, 0.1) is 13.8 Å². The Morgan fingerprint density at radius 1 is 0.867 bits per heavy atom. The first-order valence-corrected chi connectivity index (χ1v) is 10.1. The molecule has 0 heterocycles. The van der Waals surface area contributed by atoms with Crippen molar-refractivity contribution in [2.24, 2.45) is 0 Å². The number of carbonyl (C=O) groups excluding carboxylic acids is 2. The molecule has 0 radical (unpaired) electrons. The Kier molecular flexibility index (Phi) is 6.86. The summed E-state index contributed by atoms with van der Waals surface area (Å²) in [4.78, 5) is 26.9. The van der Waals surface area contributed by atoms with Crippen LogP contribution in [0.25, 0.3) is 0 Å². The van der Waals surface area contributed by atoms with Crippen LogP contribution in [0.15, 0.2) is 72.8 Å². The van der Waals surface area contributed by atoms with Gasteiger partial charge in [-0.3, -0.25) is 9.59 Å². The predicted octanol–water partition coefficient (Wildman–Crippen LogP) is 5.02. The van der Waals surface area contributed by atoms with E-state index in [1.807, 2.05) is 81.4 Å². The fourth-order valence-electron chi connectivity index (χ4n) is 3.20. The van der Waals surface area contributed by atoms with E-state index in [1.54, 1.807) is 17.0 Å². The number of nitrogens with zero attached hydrogens (tertiary/aromatic N) is 1. The molecule has 0 unspecified atom stereocenters. The molecular weight excluding hydrogens is 374 g/mol. The van der Waals surface area contributed by atoms with Crippen LogP contribution in [0.2, 0.25) is 0 Å². The van der Waals surface area contributed by atoms with E-state index in [4.69, 9.17) is 0 Å². The lowest BCUT2D eigenvalue weighted by Gasteiger charge is -2.21. The summed E-state index contributed by atoms with van der Waals surface area (Å²) in [6.45, 7) is 6.69. The van der Waals surface area contributed by atoms with Crippen molar-refractivity contribution in [2.75, 3.05) is 28.6 Å². The Morgan fingerprint density at radius 3 is 2.23 bits per heavy atom. The van der Waals surface area contributed by atoms with Gasteiger partial charge in [-0.25, -0.2) is 0 Å². The number of hydrogen-bond acceptors (Lipinski definition) is 3. The number of rotatable bonds is 7. The first-order chi connectivity index (χ1) is 14.5. The largest absolute Gasteiger partial charge is 0.376 e. The molecule has 0 fully saturated rings. The summed E-state index contributed by atoms with van der Waals surface area (Å²) in [7, 11) is 0. The average Bonchev–Trinajstić information content (AvgIpc) is 2.77. The molecule has 3 rings (SSSR count). The summed E-state index contributed by atoms with van der Waals surface area (Å²) < 4.78 is 0. The zero-order valence-corrected chi connectivity index (χ0v) is 17.6. The van der Waals surface area contributed by atoms with Gasteiger partial charge in [-0.2, -0.15) is 0 Å². The molecule has 5 heteroatoms. The summed E-state index contributed by atoms with van der Waals surface area (Å²) in [6, 6.07) is 22.6. The van der Waals surface area contributed by atoms with Crippen molar-refractivity contribution in [2.45, 2.75) is 20.8 Å². The van der Waals surface area contributed by atoms with Crippen LogP contribution in [-0.2, 0) is 4.79 Å². The maximum atomic E-state index is 12.9. The number of hydrogen-bond donors (Lipinski definition) is 2. The third kappa shape index (κ3) is 5.06. The number of benzene rings is 3. The van der Waals surface area contributed by atoms with Gasteiger partial charge in [0.25, 0.3) is 5.91 Å². The van der Waals surface area contributed by atoms with Crippen molar-refractivity contribution in [1.82, 2.24) is 0 Å². The predicted molar refractivity (Wildman–Crippen MR) is 123 cm³/mol. The van der Waals surface area contributed by atoms with Crippen LogP contribution in [0.4, 0.5) is 17.1 Å². The molecule has 0 aliphatic rings. The van der Waals surface area contributed by atoms with Crippen molar-refractivity contribution in [3.05, 3.63) is 89.5 Å². The summed E-state index contributed by atoms with van der Waals surface area (Å²) in [5, 5.41) is 6.03. The molecule has 2 amide bonds. The minimum atomic E-state index is -0.120. The topological polar surface area (TPSA) is 61.4 Å². The van der Waals surface area contributed by atoms with E-state index in [2.05, 4.69) is 10.6 Å². The molecule has 0 bridgehead atoms. The molecule has 0 aliphatic heterocycles. The molecule has 0 aromatic heterocycles. The van der Waals surface area contributed by atoms with Crippen molar-refractivity contribution in [1.29, 1.82) is 0 Å². The van der Waals surface area contributed by atoms with Crippen LogP contribution in [-0.4, -0.2) is 24.9 Å². The Balaban J connectivity index is 1.59. The summed E-state index contributed by atoms with van der Waals surface area (Å²) in [5.74, 6) is -0.173. The molecule has 5 nitrogen and oxygen atoms in total. The minimum Gasteiger partial charge on any atom is -0.376 e. The van der Waals surface area contributed by atoms with E-state index in [9.17, 15) is 9.59 Å². The number of amides is 2. The van der Waals surface area contributed by atoms with Crippen LogP contribution in [0.5, 0.6) is 0 Å². The lowest BCUT2D eigenvalue weighted by molar-refractivity contribution is -0.114. The van der Waals surface area contributed by atoms with Crippen molar-refractivity contribution >= 4 is 28.9 Å². The van der Waals surface area contributed by atoms with Gasteiger partial charge in [0, 0.05) is 29.2 Å². The van der Waals surface area contributed by atoms with Crippen LogP contribution >= 0.6 is 0 Å². The highest BCUT2D eigenvalue weighted by Gasteiger charge is 2.15. The standard InChI is InChI=1S/C25H27N3O2/c1-4-28(22-10-6-5-7-11-22)25(30)20-13-15-21(16-14-20)26-17-24(29)27-23-12-8-9-18(2)19(23)3/h5-16,26H,4,17H2,1-3H3,(H,27,29). The second-order valence-electron chi connectivity index (χ2n) is 7.11. The molecule has 154 valence electrons. The zero-order chi connectivity index (χ0) is 21.5. The number of nitrogens with one attached hydrogen (secondary N) is 2. The van der Waals surface area contributed by atoms with Crippen molar-refractivity contribution in [3.63, 3.8) is 0 Å². The van der Waals surface area contributed by atoms with Gasteiger partial charge < -0.3 is 15.5 Å². The summed E-state index contributed by atoms with van der Waals surface area (Å²) in [5.41, 5.74) is 5.28. The van der Waals surface area contributed by atoms with E-state index in [-0.39, 0.29) is 18.4 Å². The third-order valence-corrected chi connectivity index (χ3v) is 5.09. The highest BCUT2D eigenvalue weighted by atomic mass is 16.2. The van der Waals surface area contributed by atoms with E-state index >= 15 is 0 Å². The van der Waals surface area contributed by atoms with Gasteiger partial charge in [0.05, 0.1) is 6.54 Å². The van der Waals surface area contributed by atoms with E-state index in [1.165, 1.54) is 0 Å². The first-order valence-electron chi connectivity index (χ1n) is 10.1. The summed E-state index contributed by atoms with van der Waals surface area (Å²) >= 11 is 0. The average molecular weight is 402 g/mol. The number of anilines is 3. The Morgan fingerprint density at radius 2 is 1.57 bits per heavy atom. The van der Waals surface area contributed by atoms with Gasteiger partial charge in [0.15, 0.2) is 0 Å². The maximum Gasteiger partial charge on any atom is 0.258 e. The van der Waals surface area contributed by atoms with Gasteiger partial charge in [0.2, 0.25) is 5.91 Å². The minimum absolute atomic E-state index is 0.0529. The monoisotopic (exact) mass is 401 g/mol. The van der Waals surface area contributed by atoms with Crippen LogP contribution in [0.1, 0.15) is 28.4 Å². The quantitative estimate of drug-likeness (QED) is 0.584. The molecule has 0 saturated carbocycles. The van der Waals surface area contributed by atoms with Gasteiger partial charge in [-0.1, -0.05) is 30.3 Å². The smallest absolute Gasteiger partial charge is 0.258 e. The van der Waals surface area contributed by atoms with Crippen molar-refractivity contribution < 1.29 is 9.59 Å². The number of aryl methyl sites for hydroxylation is 1. The Labute approximate surface area is 177 Å². The normalized spacial score (nSPS) is 10.4.